The minimum atomic E-state index is -0.135. The fraction of sp³-hybridized carbons (Fsp3) is 0.348. The van der Waals surface area contributed by atoms with E-state index < -0.39 is 0 Å². The molecule has 1 aliphatic heterocycles. The van der Waals surface area contributed by atoms with Crippen LogP contribution in [0.4, 0.5) is 5.69 Å². The number of nitrogens with one attached hydrogen (secondary N) is 2. The van der Waals surface area contributed by atoms with E-state index in [1.54, 1.807) is 4.57 Å². The number of carbonyl (C=O) groups is 1. The van der Waals surface area contributed by atoms with Gasteiger partial charge in [-0.25, -0.2) is 4.98 Å². The first-order valence-corrected chi connectivity index (χ1v) is 12.5. The van der Waals surface area contributed by atoms with Gasteiger partial charge in [0.15, 0.2) is 5.16 Å². The molecule has 0 radical (unpaired) electrons. The van der Waals surface area contributed by atoms with Crippen LogP contribution in [0.15, 0.2) is 63.0 Å². The molecule has 3 aromatic rings. The van der Waals surface area contributed by atoms with Gasteiger partial charge in [0, 0.05) is 23.1 Å². The van der Waals surface area contributed by atoms with E-state index in [9.17, 15) is 9.59 Å². The lowest BCUT2D eigenvalue weighted by molar-refractivity contribution is -0.908. The maximum absolute atomic E-state index is 13.2. The zero-order valence-corrected chi connectivity index (χ0v) is 20.1. The van der Waals surface area contributed by atoms with E-state index in [2.05, 4.69) is 21.2 Å². The minimum Gasteiger partial charge on any atom is -0.370 e. The van der Waals surface area contributed by atoms with Crippen molar-refractivity contribution in [1.82, 2.24) is 9.55 Å². The molecule has 1 amide bonds. The molecule has 0 atom stereocenters. The number of morpholine rings is 1. The SMILES string of the molecule is O=C(CSc1nc2ccccc2c(=O)n1CCC[NH+]1CCOCC1)Nc1ccc(Br)cc1. The Balaban J connectivity index is 1.47. The lowest BCUT2D eigenvalue weighted by Crippen LogP contribution is -3.14. The Morgan fingerprint density at radius 3 is 2.69 bits per heavy atom. The van der Waals surface area contributed by atoms with E-state index in [0.29, 0.717) is 22.6 Å². The van der Waals surface area contributed by atoms with Gasteiger partial charge in [-0.1, -0.05) is 39.8 Å². The van der Waals surface area contributed by atoms with Crippen molar-refractivity contribution in [3.05, 3.63) is 63.4 Å². The van der Waals surface area contributed by atoms with Gasteiger partial charge in [0.25, 0.3) is 5.56 Å². The fourth-order valence-corrected chi connectivity index (χ4v) is 4.80. The van der Waals surface area contributed by atoms with Crippen LogP contribution < -0.4 is 15.8 Å². The minimum absolute atomic E-state index is 0.0524. The molecule has 4 rings (SSSR count). The van der Waals surface area contributed by atoms with Crippen LogP contribution in [0.25, 0.3) is 10.9 Å². The van der Waals surface area contributed by atoms with Crippen LogP contribution in [0, 0.1) is 0 Å². The Morgan fingerprint density at radius 1 is 1.16 bits per heavy atom. The van der Waals surface area contributed by atoms with Gasteiger partial charge in [0.05, 0.1) is 36.4 Å². The lowest BCUT2D eigenvalue weighted by Gasteiger charge is -2.24. The van der Waals surface area contributed by atoms with Crippen LogP contribution in [-0.4, -0.2) is 54.1 Å². The Morgan fingerprint density at radius 2 is 1.91 bits per heavy atom. The van der Waals surface area contributed by atoms with E-state index in [1.165, 1.54) is 16.7 Å². The smallest absolute Gasteiger partial charge is 0.262 e. The summed E-state index contributed by atoms with van der Waals surface area (Å²) in [5.41, 5.74) is 1.34. The number of rotatable bonds is 8. The van der Waals surface area contributed by atoms with Crippen LogP contribution in [0.3, 0.4) is 0 Å². The molecule has 2 aromatic carbocycles. The molecule has 1 saturated heterocycles. The number of fused-ring (bicyclic) bond motifs is 1. The third-order valence-electron chi connectivity index (χ3n) is 5.40. The topological polar surface area (TPSA) is 77.7 Å². The van der Waals surface area contributed by atoms with Gasteiger partial charge in [-0.05, 0) is 36.4 Å². The van der Waals surface area contributed by atoms with Crippen LogP contribution in [-0.2, 0) is 16.1 Å². The summed E-state index contributed by atoms with van der Waals surface area (Å²) in [7, 11) is 0. The van der Waals surface area contributed by atoms with Crippen molar-refractivity contribution >= 4 is 50.2 Å². The van der Waals surface area contributed by atoms with Gasteiger partial charge in [0.1, 0.15) is 13.1 Å². The molecule has 1 aliphatic rings. The number of aromatic nitrogens is 2. The highest BCUT2D eigenvalue weighted by molar-refractivity contribution is 9.10. The number of ether oxygens (including phenoxy) is 1. The number of hydrogen-bond donors (Lipinski definition) is 2. The van der Waals surface area contributed by atoms with Gasteiger partial charge in [-0.15, -0.1) is 0 Å². The van der Waals surface area contributed by atoms with E-state index in [4.69, 9.17) is 9.72 Å². The van der Waals surface area contributed by atoms with Crippen LogP contribution >= 0.6 is 27.7 Å². The number of nitrogens with zero attached hydrogens (tertiary/aromatic N) is 2. The van der Waals surface area contributed by atoms with Gasteiger partial charge < -0.3 is 15.0 Å². The molecule has 9 heteroatoms. The molecule has 0 saturated carbocycles. The second kappa shape index (κ2) is 11.1. The second-order valence-corrected chi connectivity index (χ2v) is 9.54. The molecule has 168 valence electrons. The number of para-hydroxylation sites is 1. The van der Waals surface area contributed by atoms with Crippen molar-refractivity contribution in [2.24, 2.45) is 0 Å². The molecule has 2 N–H and O–H groups in total. The largest absolute Gasteiger partial charge is 0.370 e. The summed E-state index contributed by atoms with van der Waals surface area (Å²) in [4.78, 5) is 31.9. The van der Waals surface area contributed by atoms with Crippen molar-refractivity contribution < 1.29 is 14.4 Å². The van der Waals surface area contributed by atoms with Gasteiger partial charge in [-0.3, -0.25) is 14.2 Å². The first-order chi connectivity index (χ1) is 15.6. The van der Waals surface area contributed by atoms with Crippen LogP contribution in [0.2, 0.25) is 0 Å². The zero-order valence-electron chi connectivity index (χ0n) is 17.7. The highest BCUT2D eigenvalue weighted by Gasteiger charge is 2.16. The summed E-state index contributed by atoms with van der Waals surface area (Å²) in [6, 6.07) is 14.8. The molecule has 1 aromatic heterocycles. The summed E-state index contributed by atoms with van der Waals surface area (Å²) >= 11 is 4.68. The lowest BCUT2D eigenvalue weighted by atomic mass is 10.2. The summed E-state index contributed by atoms with van der Waals surface area (Å²) in [6.45, 7) is 5.16. The summed E-state index contributed by atoms with van der Waals surface area (Å²) in [5, 5.41) is 4.07. The molecule has 1 fully saturated rings. The molecule has 32 heavy (non-hydrogen) atoms. The maximum atomic E-state index is 13.2. The first-order valence-electron chi connectivity index (χ1n) is 10.7. The van der Waals surface area contributed by atoms with E-state index in [1.807, 2.05) is 48.5 Å². The number of quaternary nitrogens is 1. The number of thioether (sulfide) groups is 1. The van der Waals surface area contributed by atoms with E-state index >= 15 is 0 Å². The summed E-state index contributed by atoms with van der Waals surface area (Å²) in [6.07, 6.45) is 0.869. The molecular formula is C23H26BrN4O3S+. The number of amides is 1. The Labute approximate surface area is 199 Å². The number of halogens is 1. The van der Waals surface area contributed by atoms with Gasteiger partial charge in [-0.2, -0.15) is 0 Å². The number of benzene rings is 2. The molecule has 0 spiro atoms. The average Bonchev–Trinajstić information content (AvgIpc) is 2.81. The summed E-state index contributed by atoms with van der Waals surface area (Å²) in [5.74, 6) is 0.0410. The number of hydrogen-bond acceptors (Lipinski definition) is 5. The predicted molar refractivity (Wildman–Crippen MR) is 130 cm³/mol. The molecule has 2 heterocycles. The molecule has 0 aliphatic carbocycles. The predicted octanol–water partition coefficient (Wildman–Crippen LogP) is 2.20. The van der Waals surface area contributed by atoms with Crippen molar-refractivity contribution in [3.8, 4) is 0 Å². The monoisotopic (exact) mass is 517 g/mol. The van der Waals surface area contributed by atoms with Crippen molar-refractivity contribution in [2.45, 2.75) is 18.1 Å². The second-order valence-electron chi connectivity index (χ2n) is 7.68. The normalized spacial score (nSPS) is 14.5. The average molecular weight is 518 g/mol. The molecule has 0 unspecified atom stereocenters. The quantitative estimate of drug-likeness (QED) is 0.353. The number of anilines is 1. The Hall–Kier alpha value is -2.20. The maximum Gasteiger partial charge on any atom is 0.262 e. The third-order valence-corrected chi connectivity index (χ3v) is 6.90. The molecule has 0 bridgehead atoms. The van der Waals surface area contributed by atoms with E-state index in [0.717, 1.165) is 49.4 Å². The highest BCUT2D eigenvalue weighted by Crippen LogP contribution is 2.19. The van der Waals surface area contributed by atoms with Crippen molar-refractivity contribution in [1.29, 1.82) is 0 Å². The van der Waals surface area contributed by atoms with Crippen molar-refractivity contribution in [2.75, 3.05) is 43.9 Å². The van der Waals surface area contributed by atoms with Gasteiger partial charge >= 0.3 is 0 Å². The number of carbonyl (C=O) groups excluding carboxylic acids is 1. The molecule has 7 nitrogen and oxygen atoms in total. The fourth-order valence-electron chi connectivity index (χ4n) is 3.71. The van der Waals surface area contributed by atoms with Crippen LogP contribution in [0.1, 0.15) is 6.42 Å². The summed E-state index contributed by atoms with van der Waals surface area (Å²) < 4.78 is 8.10. The third kappa shape index (κ3) is 5.98. The van der Waals surface area contributed by atoms with E-state index in [-0.39, 0.29) is 17.2 Å². The van der Waals surface area contributed by atoms with Gasteiger partial charge in [0.2, 0.25) is 5.91 Å². The zero-order chi connectivity index (χ0) is 22.3. The Kier molecular flexibility index (Phi) is 7.96. The first kappa shape index (κ1) is 23.0. The Bertz CT molecular complexity index is 1130. The van der Waals surface area contributed by atoms with Crippen LogP contribution in [0.5, 0.6) is 0 Å². The standard InChI is InChI=1S/C23H25BrN4O3S/c24-17-6-8-18(9-7-17)25-21(29)16-32-23-26-20-5-2-1-4-19(20)22(30)28(23)11-3-10-27-12-14-31-15-13-27/h1-2,4-9H,3,10-16H2,(H,25,29)/p+1. The molecular weight excluding hydrogens is 492 g/mol. The highest BCUT2D eigenvalue weighted by atomic mass is 79.9. The van der Waals surface area contributed by atoms with Crippen molar-refractivity contribution in [3.63, 3.8) is 0 Å².